The lowest BCUT2D eigenvalue weighted by atomic mass is 10.4. The molecule has 0 atom stereocenters. The van der Waals surface area contributed by atoms with Gasteiger partial charge in [0, 0.05) is 4.88 Å². The van der Waals surface area contributed by atoms with Gasteiger partial charge in [0.15, 0.2) is 0 Å². The van der Waals surface area contributed by atoms with Crippen LogP contribution in [0, 0.1) is 12.3 Å². The smallest absolute Gasteiger partial charge is 0.0768 e. The van der Waals surface area contributed by atoms with Gasteiger partial charge >= 0.3 is 0 Å². The van der Waals surface area contributed by atoms with E-state index >= 15 is 0 Å². The van der Waals surface area contributed by atoms with Gasteiger partial charge in [-0.1, -0.05) is 12.8 Å². The van der Waals surface area contributed by atoms with E-state index in [1.165, 1.54) is 4.88 Å². The van der Waals surface area contributed by atoms with E-state index in [1.54, 1.807) is 11.3 Å². The molecular formula is C8H8S. The van der Waals surface area contributed by atoms with Crippen LogP contribution < -0.4 is 0 Å². The Labute approximate surface area is 59.5 Å². The lowest BCUT2D eigenvalue weighted by Crippen LogP contribution is -1.63. The van der Waals surface area contributed by atoms with Crippen molar-refractivity contribution in [2.45, 2.75) is 13.3 Å². The van der Waals surface area contributed by atoms with Crippen molar-refractivity contribution in [3.05, 3.63) is 21.9 Å². The maximum absolute atomic E-state index is 5.18. The van der Waals surface area contributed by atoms with E-state index in [2.05, 4.69) is 18.9 Å². The maximum Gasteiger partial charge on any atom is 0.0768 e. The van der Waals surface area contributed by atoms with Gasteiger partial charge in [-0.25, -0.2) is 0 Å². The first-order chi connectivity index (χ1) is 4.36. The average Bonchev–Trinajstić information content (AvgIpc) is 2.34. The molecule has 0 bridgehead atoms. The predicted molar refractivity (Wildman–Crippen MR) is 41.6 cm³/mol. The highest BCUT2D eigenvalue weighted by molar-refractivity contribution is 7.12. The van der Waals surface area contributed by atoms with Crippen molar-refractivity contribution in [3.63, 3.8) is 0 Å². The Balaban J connectivity index is 2.90. The van der Waals surface area contributed by atoms with Crippen LogP contribution in [-0.2, 0) is 6.42 Å². The normalized spacial score (nSPS) is 8.89. The number of hydrogen-bond donors (Lipinski definition) is 0. The van der Waals surface area contributed by atoms with Crippen LogP contribution in [0.1, 0.15) is 16.7 Å². The molecule has 0 nitrogen and oxygen atoms in total. The molecule has 0 saturated carbocycles. The van der Waals surface area contributed by atoms with Crippen molar-refractivity contribution in [1.29, 1.82) is 0 Å². The molecule has 1 rings (SSSR count). The summed E-state index contributed by atoms with van der Waals surface area (Å²) in [6.45, 7) is 2.13. The fraction of sp³-hybridized carbons (Fsp3) is 0.250. The first-order valence-corrected chi connectivity index (χ1v) is 3.73. The SMILES string of the molecule is C#Cc1ccc(CC)s1. The summed E-state index contributed by atoms with van der Waals surface area (Å²) >= 11 is 1.70. The molecule has 0 saturated heterocycles. The first kappa shape index (κ1) is 6.38. The molecular weight excluding hydrogens is 128 g/mol. The van der Waals surface area contributed by atoms with Crippen LogP contribution in [0.4, 0.5) is 0 Å². The molecule has 0 aliphatic rings. The molecule has 0 radical (unpaired) electrons. The summed E-state index contributed by atoms with van der Waals surface area (Å²) in [5, 5.41) is 0. The van der Waals surface area contributed by atoms with Gasteiger partial charge in [0.1, 0.15) is 0 Å². The summed E-state index contributed by atoms with van der Waals surface area (Å²) in [4.78, 5) is 2.40. The van der Waals surface area contributed by atoms with E-state index in [9.17, 15) is 0 Å². The predicted octanol–water partition coefficient (Wildman–Crippen LogP) is 2.29. The average molecular weight is 136 g/mol. The third-order valence-electron chi connectivity index (χ3n) is 1.15. The molecule has 9 heavy (non-hydrogen) atoms. The minimum absolute atomic E-state index is 1.03. The number of aryl methyl sites for hydroxylation is 1. The fourth-order valence-corrected chi connectivity index (χ4v) is 1.40. The van der Waals surface area contributed by atoms with Gasteiger partial charge in [-0.05, 0) is 18.6 Å². The summed E-state index contributed by atoms with van der Waals surface area (Å²) in [5.74, 6) is 2.60. The Morgan fingerprint density at radius 3 is 2.78 bits per heavy atom. The fourth-order valence-electron chi connectivity index (χ4n) is 0.646. The van der Waals surface area contributed by atoms with Crippen molar-refractivity contribution in [1.82, 2.24) is 0 Å². The van der Waals surface area contributed by atoms with Crippen LogP contribution >= 0.6 is 11.3 Å². The second kappa shape index (κ2) is 2.70. The summed E-state index contributed by atoms with van der Waals surface area (Å²) in [7, 11) is 0. The Hall–Kier alpha value is -0.740. The second-order valence-electron chi connectivity index (χ2n) is 1.76. The zero-order valence-electron chi connectivity index (χ0n) is 5.35. The number of hydrogen-bond acceptors (Lipinski definition) is 1. The van der Waals surface area contributed by atoms with Crippen molar-refractivity contribution in [2.24, 2.45) is 0 Å². The maximum atomic E-state index is 5.18. The first-order valence-electron chi connectivity index (χ1n) is 2.92. The molecule has 0 aromatic carbocycles. The standard InChI is InChI=1S/C8H8S/c1-3-7-5-6-8(4-2)9-7/h1,5-6H,4H2,2H3. The zero-order chi connectivity index (χ0) is 6.69. The van der Waals surface area contributed by atoms with E-state index in [4.69, 9.17) is 6.42 Å². The van der Waals surface area contributed by atoms with E-state index < -0.39 is 0 Å². The largest absolute Gasteiger partial charge is 0.132 e. The lowest BCUT2D eigenvalue weighted by Gasteiger charge is -1.80. The monoisotopic (exact) mass is 136 g/mol. The molecule has 1 heteroatoms. The van der Waals surface area contributed by atoms with Crippen LogP contribution in [0.3, 0.4) is 0 Å². The Morgan fingerprint density at radius 2 is 2.44 bits per heavy atom. The molecule has 0 unspecified atom stereocenters. The molecule has 0 aliphatic carbocycles. The summed E-state index contributed by atoms with van der Waals surface area (Å²) in [6, 6.07) is 4.07. The molecule has 0 amide bonds. The number of rotatable bonds is 1. The Morgan fingerprint density at radius 1 is 1.67 bits per heavy atom. The van der Waals surface area contributed by atoms with Gasteiger partial charge in [-0.15, -0.1) is 17.8 Å². The Kier molecular flexibility index (Phi) is 1.92. The van der Waals surface area contributed by atoms with Crippen LogP contribution in [0.25, 0.3) is 0 Å². The molecule has 46 valence electrons. The van der Waals surface area contributed by atoms with Crippen LogP contribution in [0.5, 0.6) is 0 Å². The summed E-state index contributed by atoms with van der Waals surface area (Å²) in [5.41, 5.74) is 0. The molecule has 0 fully saturated rings. The van der Waals surface area contributed by atoms with Gasteiger partial charge in [0.2, 0.25) is 0 Å². The second-order valence-corrected chi connectivity index (χ2v) is 2.93. The molecule has 1 aromatic heterocycles. The third kappa shape index (κ3) is 1.34. The quantitative estimate of drug-likeness (QED) is 0.520. The number of thiophene rings is 1. The van der Waals surface area contributed by atoms with Crippen molar-refractivity contribution >= 4 is 11.3 Å². The van der Waals surface area contributed by atoms with Crippen molar-refractivity contribution in [2.75, 3.05) is 0 Å². The van der Waals surface area contributed by atoms with Crippen LogP contribution in [0.15, 0.2) is 12.1 Å². The third-order valence-corrected chi connectivity index (χ3v) is 2.31. The zero-order valence-corrected chi connectivity index (χ0v) is 6.16. The van der Waals surface area contributed by atoms with Gasteiger partial charge in [0.25, 0.3) is 0 Å². The highest BCUT2D eigenvalue weighted by Crippen LogP contribution is 2.14. The topological polar surface area (TPSA) is 0 Å². The van der Waals surface area contributed by atoms with Gasteiger partial charge < -0.3 is 0 Å². The molecule has 0 N–H and O–H groups in total. The van der Waals surface area contributed by atoms with E-state index in [1.807, 2.05) is 6.07 Å². The van der Waals surface area contributed by atoms with E-state index in [0.29, 0.717) is 0 Å². The minimum Gasteiger partial charge on any atom is -0.132 e. The van der Waals surface area contributed by atoms with Gasteiger partial charge in [-0.2, -0.15) is 0 Å². The molecule has 1 heterocycles. The van der Waals surface area contributed by atoms with Crippen molar-refractivity contribution < 1.29 is 0 Å². The van der Waals surface area contributed by atoms with Crippen molar-refractivity contribution in [3.8, 4) is 12.3 Å². The van der Waals surface area contributed by atoms with Gasteiger partial charge in [0.05, 0.1) is 4.88 Å². The van der Waals surface area contributed by atoms with Gasteiger partial charge in [-0.3, -0.25) is 0 Å². The lowest BCUT2D eigenvalue weighted by molar-refractivity contribution is 1.19. The summed E-state index contributed by atoms with van der Waals surface area (Å²) < 4.78 is 0. The Bertz CT molecular complexity index is 227. The van der Waals surface area contributed by atoms with Crippen LogP contribution in [0.2, 0.25) is 0 Å². The molecule has 0 aliphatic heterocycles. The molecule has 1 aromatic rings. The highest BCUT2D eigenvalue weighted by Gasteiger charge is 1.92. The highest BCUT2D eigenvalue weighted by atomic mass is 32.1. The summed E-state index contributed by atoms with van der Waals surface area (Å²) in [6.07, 6.45) is 6.27. The van der Waals surface area contributed by atoms with Crippen LogP contribution in [-0.4, -0.2) is 0 Å². The van der Waals surface area contributed by atoms with E-state index in [0.717, 1.165) is 11.3 Å². The number of terminal acetylenes is 1. The minimum atomic E-state index is 1.03. The van der Waals surface area contributed by atoms with E-state index in [-0.39, 0.29) is 0 Å². The molecule has 0 spiro atoms.